The van der Waals surface area contributed by atoms with Gasteiger partial charge in [0, 0.05) is 17.6 Å². The van der Waals surface area contributed by atoms with Crippen LogP contribution in [0.2, 0.25) is 0 Å². The Morgan fingerprint density at radius 1 is 1.35 bits per heavy atom. The van der Waals surface area contributed by atoms with E-state index in [2.05, 4.69) is 18.0 Å². The largest absolute Gasteiger partial charge is 0.495 e. The third-order valence-electron chi connectivity index (χ3n) is 4.99. The fourth-order valence-corrected chi connectivity index (χ4v) is 3.87. The van der Waals surface area contributed by atoms with Crippen molar-refractivity contribution in [3.05, 3.63) is 29.3 Å². The lowest BCUT2D eigenvalue weighted by Crippen LogP contribution is -2.47. The molecule has 0 saturated carbocycles. The molecule has 2 fully saturated rings. The molecule has 1 aromatic rings. The molecule has 0 radical (unpaired) electrons. The molecule has 2 bridgehead atoms. The number of fused-ring (bicyclic) bond motifs is 2. The van der Waals surface area contributed by atoms with Crippen LogP contribution in [-0.4, -0.2) is 36.2 Å². The van der Waals surface area contributed by atoms with Crippen LogP contribution in [0.3, 0.4) is 0 Å². The van der Waals surface area contributed by atoms with Gasteiger partial charge in [0.2, 0.25) is 0 Å². The van der Waals surface area contributed by atoms with Gasteiger partial charge in [-0.3, -0.25) is 0 Å². The maximum Gasteiger partial charge on any atom is 0.137 e. The summed E-state index contributed by atoms with van der Waals surface area (Å²) in [6.45, 7) is 0. The standard InChI is InChI=1S/C16H20N2O2/c1-18-11-6-7-12(18)9-16(19,8-11)14-4-3-5-15(20-2)13(14)10-17/h3-5,11-12,19H,6-9H2,1-2H3. The molecule has 4 nitrogen and oxygen atoms in total. The summed E-state index contributed by atoms with van der Waals surface area (Å²) in [5.41, 5.74) is 0.295. The second kappa shape index (κ2) is 4.76. The number of methoxy groups -OCH3 is 1. The molecule has 2 heterocycles. The zero-order valence-electron chi connectivity index (χ0n) is 12.0. The zero-order valence-corrected chi connectivity index (χ0v) is 12.0. The smallest absolute Gasteiger partial charge is 0.137 e. The van der Waals surface area contributed by atoms with Gasteiger partial charge in [-0.15, -0.1) is 0 Å². The maximum atomic E-state index is 11.1. The van der Waals surface area contributed by atoms with Crippen LogP contribution in [0.1, 0.15) is 36.8 Å². The highest BCUT2D eigenvalue weighted by atomic mass is 16.5. The normalized spacial score (nSPS) is 32.9. The first-order chi connectivity index (χ1) is 9.59. The van der Waals surface area contributed by atoms with Crippen molar-refractivity contribution < 1.29 is 9.84 Å². The summed E-state index contributed by atoms with van der Waals surface area (Å²) in [6.07, 6.45) is 3.66. The van der Waals surface area contributed by atoms with E-state index in [0.717, 1.165) is 18.4 Å². The summed E-state index contributed by atoms with van der Waals surface area (Å²) in [5, 5.41) is 20.6. The van der Waals surface area contributed by atoms with Gasteiger partial charge in [0.25, 0.3) is 0 Å². The third kappa shape index (κ3) is 1.90. The summed E-state index contributed by atoms with van der Waals surface area (Å²) in [5.74, 6) is 0.546. The summed E-state index contributed by atoms with van der Waals surface area (Å²) in [6, 6.07) is 8.52. The second-order valence-corrected chi connectivity index (χ2v) is 5.98. The summed E-state index contributed by atoms with van der Waals surface area (Å²) in [7, 11) is 3.70. The molecule has 2 atom stereocenters. The minimum absolute atomic E-state index is 0.413. The van der Waals surface area contributed by atoms with Crippen LogP contribution in [0.15, 0.2) is 18.2 Å². The average Bonchev–Trinajstić information content (AvgIpc) is 2.69. The SMILES string of the molecule is COc1cccc(C2(O)CC3CCC(C2)N3C)c1C#N. The molecular formula is C16H20N2O2. The third-order valence-corrected chi connectivity index (χ3v) is 4.99. The van der Waals surface area contributed by atoms with Gasteiger partial charge in [-0.25, -0.2) is 0 Å². The molecule has 2 unspecified atom stereocenters. The van der Waals surface area contributed by atoms with E-state index in [-0.39, 0.29) is 0 Å². The Bertz CT molecular complexity index is 550. The maximum absolute atomic E-state index is 11.1. The Morgan fingerprint density at radius 3 is 2.55 bits per heavy atom. The molecule has 4 heteroatoms. The predicted molar refractivity (Wildman–Crippen MR) is 75.4 cm³/mol. The molecule has 20 heavy (non-hydrogen) atoms. The predicted octanol–water partition coefficient (Wildman–Crippen LogP) is 2.01. The quantitative estimate of drug-likeness (QED) is 0.894. The van der Waals surface area contributed by atoms with Crippen molar-refractivity contribution in [2.75, 3.05) is 14.2 Å². The Kier molecular flexibility index (Phi) is 3.19. The van der Waals surface area contributed by atoms with Gasteiger partial charge in [0.1, 0.15) is 17.4 Å². The van der Waals surface area contributed by atoms with E-state index in [0.29, 0.717) is 36.2 Å². The number of hydrogen-bond acceptors (Lipinski definition) is 4. The average molecular weight is 272 g/mol. The molecule has 2 aliphatic rings. The first-order valence-electron chi connectivity index (χ1n) is 7.11. The highest BCUT2D eigenvalue weighted by Crippen LogP contribution is 2.46. The number of rotatable bonds is 2. The first kappa shape index (κ1) is 13.4. The van der Waals surface area contributed by atoms with Crippen LogP contribution in [0.25, 0.3) is 0 Å². The Morgan fingerprint density at radius 2 is 2.00 bits per heavy atom. The number of piperidine rings is 1. The Balaban J connectivity index is 2.03. The van der Waals surface area contributed by atoms with Gasteiger partial charge in [-0.2, -0.15) is 5.26 Å². The van der Waals surface area contributed by atoms with E-state index in [1.165, 1.54) is 0 Å². The highest BCUT2D eigenvalue weighted by molar-refractivity contribution is 5.51. The molecule has 1 aromatic carbocycles. The fourth-order valence-electron chi connectivity index (χ4n) is 3.87. The van der Waals surface area contributed by atoms with E-state index in [1.807, 2.05) is 12.1 Å². The van der Waals surface area contributed by atoms with Crippen LogP contribution in [0, 0.1) is 11.3 Å². The van der Waals surface area contributed by atoms with Crippen molar-refractivity contribution in [1.29, 1.82) is 5.26 Å². The van der Waals surface area contributed by atoms with Crippen molar-refractivity contribution in [3.8, 4) is 11.8 Å². The van der Waals surface area contributed by atoms with Crippen LogP contribution in [-0.2, 0) is 5.60 Å². The molecule has 0 amide bonds. The lowest BCUT2D eigenvalue weighted by molar-refractivity contribution is -0.0496. The number of nitriles is 1. The zero-order chi connectivity index (χ0) is 14.3. The van der Waals surface area contributed by atoms with Gasteiger partial charge in [0.05, 0.1) is 12.7 Å². The molecule has 106 valence electrons. The van der Waals surface area contributed by atoms with Crippen molar-refractivity contribution in [1.82, 2.24) is 4.90 Å². The van der Waals surface area contributed by atoms with Crippen molar-refractivity contribution in [3.63, 3.8) is 0 Å². The van der Waals surface area contributed by atoms with Crippen LogP contribution in [0.5, 0.6) is 5.75 Å². The second-order valence-electron chi connectivity index (χ2n) is 5.98. The first-order valence-corrected chi connectivity index (χ1v) is 7.11. The summed E-state index contributed by atoms with van der Waals surface area (Å²) >= 11 is 0. The molecule has 3 rings (SSSR count). The van der Waals surface area contributed by atoms with E-state index >= 15 is 0 Å². The highest BCUT2D eigenvalue weighted by Gasteiger charge is 2.47. The molecule has 2 saturated heterocycles. The van der Waals surface area contributed by atoms with Crippen molar-refractivity contribution in [2.24, 2.45) is 0 Å². The van der Waals surface area contributed by atoms with Gasteiger partial charge < -0.3 is 14.7 Å². The van der Waals surface area contributed by atoms with Crippen LogP contribution >= 0.6 is 0 Å². The van der Waals surface area contributed by atoms with Gasteiger partial charge >= 0.3 is 0 Å². The molecular weight excluding hydrogens is 252 g/mol. The van der Waals surface area contributed by atoms with Crippen LogP contribution < -0.4 is 4.74 Å². The lowest BCUT2D eigenvalue weighted by Gasteiger charge is -2.42. The Hall–Kier alpha value is -1.57. The van der Waals surface area contributed by atoms with Gasteiger partial charge in [-0.1, -0.05) is 12.1 Å². The van der Waals surface area contributed by atoms with E-state index in [9.17, 15) is 10.4 Å². The Labute approximate surface area is 119 Å². The summed E-state index contributed by atoms with van der Waals surface area (Å²) < 4.78 is 5.26. The van der Waals surface area contributed by atoms with Gasteiger partial charge in [0.15, 0.2) is 0 Å². The fraction of sp³-hybridized carbons (Fsp3) is 0.562. The van der Waals surface area contributed by atoms with E-state index < -0.39 is 5.60 Å². The molecule has 0 aliphatic carbocycles. The minimum Gasteiger partial charge on any atom is -0.495 e. The molecule has 1 N–H and O–H groups in total. The topological polar surface area (TPSA) is 56.5 Å². The summed E-state index contributed by atoms with van der Waals surface area (Å²) in [4.78, 5) is 2.38. The number of nitrogens with zero attached hydrogens (tertiary/aromatic N) is 2. The number of aliphatic hydroxyl groups is 1. The number of hydrogen-bond donors (Lipinski definition) is 1. The molecule has 2 aliphatic heterocycles. The molecule has 0 aromatic heterocycles. The van der Waals surface area contributed by atoms with E-state index in [1.54, 1.807) is 13.2 Å². The van der Waals surface area contributed by atoms with Gasteiger partial charge in [-0.05, 0) is 38.8 Å². The number of ether oxygens (including phenoxy) is 1. The number of benzene rings is 1. The molecule has 0 spiro atoms. The van der Waals surface area contributed by atoms with E-state index in [4.69, 9.17) is 4.74 Å². The lowest BCUT2D eigenvalue weighted by atomic mass is 9.78. The monoisotopic (exact) mass is 272 g/mol. The van der Waals surface area contributed by atoms with Crippen molar-refractivity contribution >= 4 is 0 Å². The van der Waals surface area contributed by atoms with Crippen molar-refractivity contribution in [2.45, 2.75) is 43.4 Å². The minimum atomic E-state index is -0.905. The van der Waals surface area contributed by atoms with Crippen LogP contribution in [0.4, 0.5) is 0 Å².